The molecule has 0 saturated carbocycles. The van der Waals surface area contributed by atoms with Crippen LogP contribution in [0.3, 0.4) is 0 Å². The summed E-state index contributed by atoms with van der Waals surface area (Å²) in [5.74, 6) is 0.610. The second-order valence-electron chi connectivity index (χ2n) is 11.6. The molecular weight excluding hydrogens is 585 g/mol. The fourth-order valence-corrected chi connectivity index (χ4v) is 7.85. The monoisotopic (exact) mass is 608 g/mol. The summed E-state index contributed by atoms with van der Waals surface area (Å²) in [6, 6.07) is 50.8. The van der Waals surface area contributed by atoms with Crippen LogP contribution in [0.1, 0.15) is 0 Å². The van der Waals surface area contributed by atoms with E-state index in [4.69, 9.17) is 13.8 Å². The van der Waals surface area contributed by atoms with Gasteiger partial charge >= 0.3 is 0 Å². The second-order valence-corrected chi connectivity index (χ2v) is 12.7. The Morgan fingerprint density at radius 1 is 0.522 bits per heavy atom. The van der Waals surface area contributed by atoms with Crippen LogP contribution in [0.5, 0.6) is 0 Å². The molecule has 10 aromatic rings. The number of rotatable bonds is 4. The van der Waals surface area contributed by atoms with E-state index in [0.29, 0.717) is 5.89 Å². The molecule has 3 aromatic heterocycles. The maximum atomic E-state index is 6.60. The molecule has 3 heterocycles. The predicted octanol–water partition coefficient (Wildman–Crippen LogP) is 12.4. The van der Waals surface area contributed by atoms with E-state index in [9.17, 15) is 0 Å². The number of thiophene rings is 1. The molecule has 0 fully saturated rings. The number of hydrogen-bond donors (Lipinski definition) is 0. The minimum absolute atomic E-state index is 0.610. The molecule has 0 spiro atoms. The van der Waals surface area contributed by atoms with Gasteiger partial charge in [0.1, 0.15) is 16.7 Å². The zero-order valence-corrected chi connectivity index (χ0v) is 25.3. The molecule has 0 N–H and O–H groups in total. The molecule has 216 valence electrons. The van der Waals surface area contributed by atoms with Crippen molar-refractivity contribution in [3.8, 4) is 11.5 Å². The molecule has 46 heavy (non-hydrogen) atoms. The molecule has 0 amide bonds. The molecule has 0 bridgehead atoms. The number of furan rings is 1. The maximum absolute atomic E-state index is 6.60. The first-order valence-electron chi connectivity index (χ1n) is 15.3. The van der Waals surface area contributed by atoms with E-state index in [2.05, 4.69) is 102 Å². The molecule has 0 unspecified atom stereocenters. The van der Waals surface area contributed by atoms with Crippen molar-refractivity contribution in [2.75, 3.05) is 4.90 Å². The molecular formula is C41H24N2O2S. The third-order valence-electron chi connectivity index (χ3n) is 8.88. The molecule has 5 heteroatoms. The van der Waals surface area contributed by atoms with E-state index in [-0.39, 0.29) is 0 Å². The largest absolute Gasteiger partial charge is 0.456 e. The van der Waals surface area contributed by atoms with Crippen molar-refractivity contribution in [1.29, 1.82) is 0 Å². The highest BCUT2D eigenvalue weighted by atomic mass is 32.1. The van der Waals surface area contributed by atoms with Crippen LogP contribution in [0.2, 0.25) is 0 Å². The highest BCUT2D eigenvalue weighted by Crippen LogP contribution is 2.45. The van der Waals surface area contributed by atoms with Gasteiger partial charge in [0.15, 0.2) is 5.58 Å². The van der Waals surface area contributed by atoms with Crippen LogP contribution >= 0.6 is 11.3 Å². The summed E-state index contributed by atoms with van der Waals surface area (Å²) in [5, 5.41) is 6.81. The summed E-state index contributed by atoms with van der Waals surface area (Å²) in [5.41, 5.74) is 7.34. The van der Waals surface area contributed by atoms with Crippen LogP contribution in [0.4, 0.5) is 17.1 Å². The summed E-state index contributed by atoms with van der Waals surface area (Å²) in [4.78, 5) is 7.24. The van der Waals surface area contributed by atoms with Gasteiger partial charge in [0.05, 0.1) is 11.1 Å². The quantitative estimate of drug-likeness (QED) is 0.199. The predicted molar refractivity (Wildman–Crippen MR) is 192 cm³/mol. The van der Waals surface area contributed by atoms with Gasteiger partial charge in [-0.2, -0.15) is 0 Å². The van der Waals surface area contributed by atoms with Gasteiger partial charge in [0.2, 0.25) is 5.89 Å². The van der Waals surface area contributed by atoms with Crippen molar-refractivity contribution >= 4 is 92.4 Å². The molecule has 0 radical (unpaired) electrons. The Labute approximate surface area is 267 Å². The van der Waals surface area contributed by atoms with Crippen molar-refractivity contribution in [3.63, 3.8) is 0 Å². The Morgan fingerprint density at radius 3 is 2.22 bits per heavy atom. The number of anilines is 3. The van der Waals surface area contributed by atoms with Gasteiger partial charge in [-0.3, -0.25) is 0 Å². The minimum Gasteiger partial charge on any atom is -0.456 e. The van der Waals surface area contributed by atoms with Crippen LogP contribution in [-0.2, 0) is 0 Å². The van der Waals surface area contributed by atoms with Gasteiger partial charge in [-0.15, -0.1) is 11.3 Å². The zero-order chi connectivity index (χ0) is 30.2. The van der Waals surface area contributed by atoms with E-state index >= 15 is 0 Å². The SMILES string of the molecule is c1ccc(-c2nc3ccc4cccc(N(c5ccc6c(c5)oc5ccccc56)c5ccc6sc7ccccc7c6c5)c4c3o2)cc1. The summed E-state index contributed by atoms with van der Waals surface area (Å²) < 4.78 is 15.5. The fraction of sp³-hybridized carbons (Fsp3) is 0. The number of aromatic nitrogens is 1. The van der Waals surface area contributed by atoms with Crippen LogP contribution in [-0.4, -0.2) is 4.98 Å². The summed E-state index contributed by atoms with van der Waals surface area (Å²) in [7, 11) is 0. The van der Waals surface area contributed by atoms with Crippen LogP contribution in [0.15, 0.2) is 154 Å². The van der Waals surface area contributed by atoms with E-state index in [1.165, 1.54) is 20.2 Å². The lowest BCUT2D eigenvalue weighted by molar-refractivity contribution is 0.623. The Morgan fingerprint density at radius 2 is 1.28 bits per heavy atom. The Bertz CT molecular complexity index is 2770. The van der Waals surface area contributed by atoms with Crippen LogP contribution in [0, 0.1) is 0 Å². The summed E-state index contributed by atoms with van der Waals surface area (Å²) >= 11 is 1.83. The average Bonchev–Trinajstić information content (AvgIpc) is 3.82. The van der Waals surface area contributed by atoms with Crippen molar-refractivity contribution in [1.82, 2.24) is 4.98 Å². The Kier molecular flexibility index (Phi) is 5.41. The molecule has 0 aliphatic rings. The highest BCUT2D eigenvalue weighted by Gasteiger charge is 2.22. The van der Waals surface area contributed by atoms with Crippen LogP contribution < -0.4 is 4.90 Å². The van der Waals surface area contributed by atoms with Crippen molar-refractivity contribution in [2.45, 2.75) is 0 Å². The topological polar surface area (TPSA) is 42.4 Å². The van der Waals surface area contributed by atoms with Gasteiger partial charge in [-0.25, -0.2) is 4.98 Å². The second kappa shape index (κ2) is 9.80. The van der Waals surface area contributed by atoms with Gasteiger partial charge in [0.25, 0.3) is 0 Å². The van der Waals surface area contributed by atoms with E-state index in [1.54, 1.807) is 0 Å². The lowest BCUT2D eigenvalue weighted by atomic mass is 10.0. The number of fused-ring (bicyclic) bond motifs is 9. The van der Waals surface area contributed by atoms with Gasteiger partial charge in [0, 0.05) is 53.9 Å². The molecule has 0 aliphatic carbocycles. The van der Waals surface area contributed by atoms with E-state index in [0.717, 1.165) is 66.4 Å². The van der Waals surface area contributed by atoms with Crippen molar-refractivity contribution in [3.05, 3.63) is 146 Å². The Balaban J connectivity index is 1.27. The summed E-state index contributed by atoms with van der Waals surface area (Å²) in [6.07, 6.45) is 0. The lowest BCUT2D eigenvalue weighted by Crippen LogP contribution is -2.10. The lowest BCUT2D eigenvalue weighted by Gasteiger charge is -2.27. The third-order valence-corrected chi connectivity index (χ3v) is 10.0. The van der Waals surface area contributed by atoms with Gasteiger partial charge in [-0.05, 0) is 72.1 Å². The zero-order valence-electron chi connectivity index (χ0n) is 24.5. The van der Waals surface area contributed by atoms with Crippen LogP contribution in [0.25, 0.3) is 75.4 Å². The van der Waals surface area contributed by atoms with Gasteiger partial charge < -0.3 is 13.7 Å². The standard InChI is InChI=1S/C41H24N2O2S/c1-2-9-26(10-3-1)41-42-33-21-17-25-11-8-14-34(39(25)40(33)45-41)43(27-19-22-38-32(23-27)31-13-5-7-16-37(31)46-38)28-18-20-30-29-12-4-6-15-35(29)44-36(30)24-28/h1-24H. The smallest absolute Gasteiger partial charge is 0.227 e. The fourth-order valence-electron chi connectivity index (χ4n) is 6.76. The van der Waals surface area contributed by atoms with Gasteiger partial charge in [-0.1, -0.05) is 72.8 Å². The third kappa shape index (κ3) is 3.82. The molecule has 7 aromatic carbocycles. The van der Waals surface area contributed by atoms with E-state index < -0.39 is 0 Å². The molecule has 0 saturated heterocycles. The van der Waals surface area contributed by atoms with E-state index in [1.807, 2.05) is 59.9 Å². The molecule has 10 rings (SSSR count). The Hall–Kier alpha value is -5.91. The number of oxazole rings is 1. The average molecular weight is 609 g/mol. The normalized spacial score (nSPS) is 11.9. The minimum atomic E-state index is 0.610. The first kappa shape index (κ1) is 25.4. The number of hydrogen-bond acceptors (Lipinski definition) is 5. The molecule has 0 atom stereocenters. The van der Waals surface area contributed by atoms with Crippen molar-refractivity contribution in [2.24, 2.45) is 0 Å². The maximum Gasteiger partial charge on any atom is 0.227 e. The number of benzene rings is 7. The summed E-state index contributed by atoms with van der Waals surface area (Å²) in [6.45, 7) is 0. The molecule has 4 nitrogen and oxygen atoms in total. The molecule has 0 aliphatic heterocycles. The van der Waals surface area contributed by atoms with Crippen molar-refractivity contribution < 1.29 is 8.83 Å². The highest BCUT2D eigenvalue weighted by molar-refractivity contribution is 7.25. The number of nitrogens with zero attached hydrogens (tertiary/aromatic N) is 2. The first-order valence-corrected chi connectivity index (χ1v) is 16.1. The number of para-hydroxylation sites is 1. The first-order chi connectivity index (χ1) is 22.8.